The molecule has 1 unspecified atom stereocenters. The predicted octanol–water partition coefficient (Wildman–Crippen LogP) is 1.62. The number of carbonyl (C=O) groups excluding carboxylic acids is 3. The average Bonchev–Trinajstić information content (AvgIpc) is 2.86. The number of ketones is 1. The minimum atomic E-state index is -0.761. The van der Waals surface area contributed by atoms with Crippen LogP contribution in [0.5, 0.6) is 11.5 Å². The van der Waals surface area contributed by atoms with Gasteiger partial charge in [-0.25, -0.2) is 0 Å². The molecule has 0 aromatic heterocycles. The lowest BCUT2D eigenvalue weighted by atomic mass is 10.00. The van der Waals surface area contributed by atoms with Crippen LogP contribution in [0, 0.1) is 5.92 Å². The van der Waals surface area contributed by atoms with Crippen LogP contribution >= 0.6 is 0 Å². The summed E-state index contributed by atoms with van der Waals surface area (Å²) in [6, 6.07) is 5.56. The van der Waals surface area contributed by atoms with E-state index in [1.54, 1.807) is 19.1 Å². The standard InChI is InChI=1S/C19H25NO6/c1-24-16-6-4-13(12-17(16)25-2)5-7-18(22)20-10-8-14(19(23)26-3)15(21)9-11-20/h4,6,12,14H,5,7-11H2,1-3H3. The highest BCUT2D eigenvalue weighted by molar-refractivity contribution is 5.99. The second-order valence-corrected chi connectivity index (χ2v) is 6.15. The van der Waals surface area contributed by atoms with Gasteiger partial charge in [0.25, 0.3) is 0 Å². The van der Waals surface area contributed by atoms with E-state index in [1.165, 1.54) is 7.11 Å². The molecule has 1 aliphatic rings. The van der Waals surface area contributed by atoms with E-state index < -0.39 is 11.9 Å². The van der Waals surface area contributed by atoms with Crippen molar-refractivity contribution in [3.05, 3.63) is 23.8 Å². The summed E-state index contributed by atoms with van der Waals surface area (Å²) in [5.74, 6) is -0.204. The Hall–Kier alpha value is -2.57. The van der Waals surface area contributed by atoms with Crippen LogP contribution in [0.3, 0.4) is 0 Å². The summed E-state index contributed by atoms with van der Waals surface area (Å²) in [5.41, 5.74) is 0.967. The Bertz CT molecular complexity index is 672. The number of esters is 1. The SMILES string of the molecule is COC(=O)C1CCN(C(=O)CCc2ccc(OC)c(OC)c2)CCC1=O. The first-order valence-corrected chi connectivity index (χ1v) is 8.59. The molecule has 1 saturated heterocycles. The normalized spacial score (nSPS) is 17.4. The van der Waals surface area contributed by atoms with Gasteiger partial charge in [-0.3, -0.25) is 14.4 Å². The van der Waals surface area contributed by atoms with Crippen LogP contribution in [-0.4, -0.2) is 57.0 Å². The molecule has 1 amide bonds. The number of amides is 1. The summed E-state index contributed by atoms with van der Waals surface area (Å²) in [5, 5.41) is 0. The second kappa shape index (κ2) is 9.22. The van der Waals surface area contributed by atoms with Crippen molar-refractivity contribution >= 4 is 17.7 Å². The number of rotatable bonds is 6. The van der Waals surface area contributed by atoms with E-state index in [2.05, 4.69) is 4.74 Å². The van der Waals surface area contributed by atoms with E-state index in [1.807, 2.05) is 18.2 Å². The highest BCUT2D eigenvalue weighted by Crippen LogP contribution is 2.28. The van der Waals surface area contributed by atoms with Gasteiger partial charge in [-0.2, -0.15) is 0 Å². The number of benzene rings is 1. The van der Waals surface area contributed by atoms with E-state index in [4.69, 9.17) is 9.47 Å². The predicted molar refractivity (Wildman–Crippen MR) is 94.2 cm³/mol. The molecule has 2 rings (SSSR count). The van der Waals surface area contributed by atoms with E-state index in [-0.39, 0.29) is 18.1 Å². The number of carbonyl (C=O) groups is 3. The smallest absolute Gasteiger partial charge is 0.316 e. The summed E-state index contributed by atoms with van der Waals surface area (Å²) in [7, 11) is 4.41. The van der Waals surface area contributed by atoms with Crippen molar-refractivity contribution in [1.29, 1.82) is 0 Å². The summed E-state index contributed by atoms with van der Waals surface area (Å²) in [6.45, 7) is 0.730. The zero-order chi connectivity index (χ0) is 19.1. The number of aryl methyl sites for hydroxylation is 1. The molecule has 142 valence electrons. The van der Waals surface area contributed by atoms with Gasteiger partial charge in [-0.05, 0) is 30.5 Å². The van der Waals surface area contributed by atoms with E-state index in [0.29, 0.717) is 43.9 Å². The molecule has 0 saturated carbocycles. The van der Waals surface area contributed by atoms with Crippen LogP contribution in [0.2, 0.25) is 0 Å². The van der Waals surface area contributed by atoms with Crippen LogP contribution in [-0.2, 0) is 25.5 Å². The average molecular weight is 363 g/mol. The third-order valence-electron chi connectivity index (χ3n) is 4.62. The fraction of sp³-hybridized carbons (Fsp3) is 0.526. The van der Waals surface area contributed by atoms with Crippen LogP contribution in [0.1, 0.15) is 24.8 Å². The molecule has 0 bridgehead atoms. The Morgan fingerprint density at radius 1 is 1.12 bits per heavy atom. The maximum atomic E-state index is 12.5. The summed E-state index contributed by atoms with van der Waals surface area (Å²) in [4.78, 5) is 37.8. The molecule has 1 atom stereocenters. The molecule has 7 nitrogen and oxygen atoms in total. The second-order valence-electron chi connectivity index (χ2n) is 6.15. The molecule has 1 aliphatic heterocycles. The van der Waals surface area contributed by atoms with Gasteiger partial charge in [0, 0.05) is 25.9 Å². The maximum Gasteiger partial charge on any atom is 0.316 e. The number of hydrogen-bond donors (Lipinski definition) is 0. The van der Waals surface area contributed by atoms with Gasteiger partial charge in [0.15, 0.2) is 11.5 Å². The lowest BCUT2D eigenvalue weighted by Gasteiger charge is -2.20. The van der Waals surface area contributed by atoms with Crippen molar-refractivity contribution in [2.24, 2.45) is 5.92 Å². The summed E-state index contributed by atoms with van der Waals surface area (Å²) >= 11 is 0. The van der Waals surface area contributed by atoms with Gasteiger partial charge in [0.1, 0.15) is 11.7 Å². The molecule has 1 aromatic rings. The van der Waals surface area contributed by atoms with E-state index in [0.717, 1.165) is 5.56 Å². The highest BCUT2D eigenvalue weighted by atomic mass is 16.5. The minimum Gasteiger partial charge on any atom is -0.493 e. The van der Waals surface area contributed by atoms with Gasteiger partial charge >= 0.3 is 5.97 Å². The minimum absolute atomic E-state index is 0.0295. The van der Waals surface area contributed by atoms with Crippen LogP contribution in [0.4, 0.5) is 0 Å². The summed E-state index contributed by atoms with van der Waals surface area (Å²) < 4.78 is 15.1. The van der Waals surface area contributed by atoms with Crippen molar-refractivity contribution in [2.45, 2.75) is 25.7 Å². The molecule has 0 N–H and O–H groups in total. The number of nitrogens with zero attached hydrogens (tertiary/aromatic N) is 1. The van der Waals surface area contributed by atoms with Gasteiger partial charge < -0.3 is 19.1 Å². The number of Topliss-reactive ketones (excluding diaryl/α,β-unsaturated/α-hetero) is 1. The lowest BCUT2D eigenvalue weighted by molar-refractivity contribution is -0.149. The van der Waals surface area contributed by atoms with Crippen LogP contribution < -0.4 is 9.47 Å². The maximum absolute atomic E-state index is 12.5. The van der Waals surface area contributed by atoms with Gasteiger partial charge in [0.05, 0.1) is 21.3 Å². The monoisotopic (exact) mass is 363 g/mol. The van der Waals surface area contributed by atoms with Crippen LogP contribution in [0.15, 0.2) is 18.2 Å². The van der Waals surface area contributed by atoms with Crippen molar-refractivity contribution < 1.29 is 28.6 Å². The summed E-state index contributed by atoms with van der Waals surface area (Å²) in [6.07, 6.45) is 1.38. The molecule has 0 radical (unpaired) electrons. The Morgan fingerprint density at radius 2 is 1.85 bits per heavy atom. The van der Waals surface area contributed by atoms with Gasteiger partial charge in [0.2, 0.25) is 5.91 Å². The molecule has 26 heavy (non-hydrogen) atoms. The molecular formula is C19H25NO6. The highest BCUT2D eigenvalue weighted by Gasteiger charge is 2.31. The first kappa shape index (κ1) is 19.8. The molecule has 0 spiro atoms. The first-order valence-electron chi connectivity index (χ1n) is 8.59. The number of likely N-dealkylation sites (tertiary alicyclic amines) is 1. The van der Waals surface area contributed by atoms with Crippen molar-refractivity contribution in [1.82, 2.24) is 4.90 Å². The Balaban J connectivity index is 1.94. The van der Waals surface area contributed by atoms with Crippen molar-refractivity contribution in [2.75, 3.05) is 34.4 Å². The van der Waals surface area contributed by atoms with E-state index >= 15 is 0 Å². The molecular weight excluding hydrogens is 338 g/mol. The Labute approximate surface area is 153 Å². The quantitative estimate of drug-likeness (QED) is 0.564. The molecule has 1 fully saturated rings. The van der Waals surface area contributed by atoms with E-state index in [9.17, 15) is 14.4 Å². The zero-order valence-electron chi connectivity index (χ0n) is 15.4. The molecule has 0 aliphatic carbocycles. The molecule has 1 heterocycles. The Kier molecular flexibility index (Phi) is 7.00. The zero-order valence-corrected chi connectivity index (χ0v) is 15.4. The van der Waals surface area contributed by atoms with Gasteiger partial charge in [-0.15, -0.1) is 0 Å². The molecule has 1 aromatic carbocycles. The Morgan fingerprint density at radius 3 is 2.50 bits per heavy atom. The first-order chi connectivity index (χ1) is 12.5. The largest absolute Gasteiger partial charge is 0.493 e. The lowest BCUT2D eigenvalue weighted by Crippen LogP contribution is -2.32. The molecule has 7 heteroatoms. The number of ether oxygens (including phenoxy) is 3. The fourth-order valence-electron chi connectivity index (χ4n) is 3.06. The van der Waals surface area contributed by atoms with Gasteiger partial charge in [-0.1, -0.05) is 6.07 Å². The van der Waals surface area contributed by atoms with Crippen LogP contribution in [0.25, 0.3) is 0 Å². The fourth-order valence-corrected chi connectivity index (χ4v) is 3.06. The topological polar surface area (TPSA) is 82.1 Å². The third kappa shape index (κ3) is 4.74. The van der Waals surface area contributed by atoms with Crippen molar-refractivity contribution in [3.8, 4) is 11.5 Å². The number of hydrogen-bond acceptors (Lipinski definition) is 6. The van der Waals surface area contributed by atoms with Crippen molar-refractivity contribution in [3.63, 3.8) is 0 Å². The third-order valence-corrected chi connectivity index (χ3v) is 4.62. The number of methoxy groups -OCH3 is 3.